The molecule has 0 bridgehead atoms. The summed E-state index contributed by atoms with van der Waals surface area (Å²) in [6.45, 7) is -0.244. The number of hydrogen-bond acceptors (Lipinski definition) is 2. The number of amides is 1. The zero-order valence-corrected chi connectivity index (χ0v) is 15.4. The number of aromatic amines is 1. The molecule has 0 saturated heterocycles. The first kappa shape index (κ1) is 19.8. The van der Waals surface area contributed by atoms with Gasteiger partial charge in [0.25, 0.3) is 0 Å². The van der Waals surface area contributed by atoms with Crippen molar-refractivity contribution in [2.45, 2.75) is 25.6 Å². The third-order valence-corrected chi connectivity index (χ3v) is 4.54. The third kappa shape index (κ3) is 4.85. The van der Waals surface area contributed by atoms with Gasteiger partial charge < -0.3 is 14.6 Å². The van der Waals surface area contributed by atoms with Gasteiger partial charge in [0.1, 0.15) is 5.75 Å². The Bertz CT molecular complexity index is 936. The number of carbonyl (C=O) groups is 1. The van der Waals surface area contributed by atoms with E-state index in [1.165, 1.54) is 4.90 Å². The van der Waals surface area contributed by atoms with Crippen LogP contribution >= 0.6 is 0 Å². The molecule has 28 heavy (non-hydrogen) atoms. The van der Waals surface area contributed by atoms with Crippen LogP contribution < -0.4 is 4.74 Å². The van der Waals surface area contributed by atoms with E-state index in [1.807, 2.05) is 18.2 Å². The lowest BCUT2D eigenvalue weighted by Crippen LogP contribution is -2.34. The van der Waals surface area contributed by atoms with Crippen LogP contribution in [0.25, 0.3) is 10.9 Å². The van der Waals surface area contributed by atoms with Crippen LogP contribution in [-0.4, -0.2) is 35.6 Å². The molecule has 1 aromatic heterocycles. The largest absolute Gasteiger partial charge is 0.496 e. The van der Waals surface area contributed by atoms with Crippen LogP contribution in [-0.2, 0) is 17.8 Å². The number of alkyl halides is 3. The highest BCUT2D eigenvalue weighted by molar-refractivity contribution is 5.93. The van der Waals surface area contributed by atoms with Crippen molar-refractivity contribution in [1.82, 2.24) is 9.88 Å². The molecule has 2 aromatic carbocycles. The molecule has 0 unspecified atom stereocenters. The van der Waals surface area contributed by atoms with Gasteiger partial charge in [0.05, 0.1) is 20.0 Å². The molecule has 3 aromatic rings. The lowest BCUT2D eigenvalue weighted by Gasteiger charge is -2.23. The minimum absolute atomic E-state index is 0.00887. The summed E-state index contributed by atoms with van der Waals surface area (Å²) in [5, 5.41) is 0.772. The average molecular weight is 390 g/mol. The molecule has 0 fully saturated rings. The first-order chi connectivity index (χ1) is 13.4. The number of methoxy groups -OCH3 is 1. The number of carbonyl (C=O) groups excluding carboxylic acids is 1. The quantitative estimate of drug-likeness (QED) is 0.636. The lowest BCUT2D eigenvalue weighted by molar-refractivity contribution is -0.145. The highest BCUT2D eigenvalue weighted by Crippen LogP contribution is 2.29. The Balaban J connectivity index is 1.82. The monoisotopic (exact) mass is 390 g/mol. The molecule has 1 N–H and O–H groups in total. The van der Waals surface area contributed by atoms with Gasteiger partial charge in [-0.2, -0.15) is 13.2 Å². The van der Waals surface area contributed by atoms with E-state index in [-0.39, 0.29) is 25.4 Å². The Morgan fingerprint density at radius 2 is 1.86 bits per heavy atom. The van der Waals surface area contributed by atoms with Crippen molar-refractivity contribution < 1.29 is 22.7 Å². The molecule has 1 amide bonds. The number of H-pyrrole nitrogens is 1. The molecule has 7 heteroatoms. The van der Waals surface area contributed by atoms with Crippen LogP contribution in [0.2, 0.25) is 0 Å². The van der Waals surface area contributed by atoms with E-state index in [2.05, 4.69) is 4.98 Å². The number of ether oxygens (including phenoxy) is 1. The normalized spacial score (nSPS) is 11.6. The number of nitrogens with one attached hydrogen (secondary N) is 1. The van der Waals surface area contributed by atoms with Crippen molar-refractivity contribution in [3.8, 4) is 5.75 Å². The fraction of sp³-hybridized carbons (Fsp3) is 0.286. The highest BCUT2D eigenvalue weighted by atomic mass is 19.4. The van der Waals surface area contributed by atoms with Gasteiger partial charge in [0, 0.05) is 30.2 Å². The molecule has 0 spiro atoms. The molecule has 0 aliphatic carbocycles. The number of nitrogens with zero attached hydrogens (tertiary/aromatic N) is 1. The van der Waals surface area contributed by atoms with E-state index in [0.29, 0.717) is 11.3 Å². The Kier molecular flexibility index (Phi) is 5.92. The van der Waals surface area contributed by atoms with E-state index in [9.17, 15) is 18.0 Å². The Hall–Kier alpha value is -2.96. The molecule has 0 saturated carbocycles. The van der Waals surface area contributed by atoms with Crippen molar-refractivity contribution in [1.29, 1.82) is 0 Å². The lowest BCUT2D eigenvalue weighted by atomic mass is 10.1. The summed E-state index contributed by atoms with van der Waals surface area (Å²) in [6.07, 6.45) is -3.66. The summed E-state index contributed by atoms with van der Waals surface area (Å²) in [5.74, 6) is 0.256. The number of benzene rings is 2. The summed E-state index contributed by atoms with van der Waals surface area (Å²) in [6, 6.07) is 14.5. The maximum atomic E-state index is 12.9. The van der Waals surface area contributed by atoms with Crippen molar-refractivity contribution >= 4 is 16.8 Å². The molecule has 0 aliphatic rings. The fourth-order valence-electron chi connectivity index (χ4n) is 3.16. The second-order valence-electron chi connectivity index (χ2n) is 6.54. The molecular formula is C21H21F3N2O2. The molecule has 0 aliphatic heterocycles. The van der Waals surface area contributed by atoms with Gasteiger partial charge in [0.2, 0.25) is 5.91 Å². The van der Waals surface area contributed by atoms with Crippen LogP contribution in [0, 0.1) is 0 Å². The predicted octanol–water partition coefficient (Wildman–Crippen LogP) is 4.70. The zero-order valence-electron chi connectivity index (χ0n) is 15.4. The standard InChI is InChI=1S/C21H21F3N2O2/c1-28-18-9-5-8-17-20(18)16(13-25-17)12-19(27)26(11-10-21(22,23)24)14-15-6-3-2-4-7-15/h2-9,13,25H,10-12,14H2,1H3. The van der Waals surface area contributed by atoms with Crippen molar-refractivity contribution in [3.05, 3.63) is 65.9 Å². The van der Waals surface area contributed by atoms with Crippen LogP contribution in [0.3, 0.4) is 0 Å². The number of halogens is 3. The molecule has 148 valence electrons. The molecule has 0 atom stereocenters. The van der Waals surface area contributed by atoms with Gasteiger partial charge in [0.15, 0.2) is 0 Å². The first-order valence-electron chi connectivity index (χ1n) is 8.89. The number of fused-ring (bicyclic) bond motifs is 1. The molecule has 4 nitrogen and oxygen atoms in total. The molecule has 3 rings (SSSR count). The van der Waals surface area contributed by atoms with Gasteiger partial charge in [-0.05, 0) is 23.3 Å². The summed E-state index contributed by atoms with van der Waals surface area (Å²) in [4.78, 5) is 17.2. The maximum Gasteiger partial charge on any atom is 0.390 e. The van der Waals surface area contributed by atoms with Crippen LogP contribution in [0.1, 0.15) is 17.5 Å². The topological polar surface area (TPSA) is 45.3 Å². The van der Waals surface area contributed by atoms with Crippen LogP contribution in [0.5, 0.6) is 5.75 Å². The van der Waals surface area contributed by atoms with E-state index in [4.69, 9.17) is 4.74 Å². The second-order valence-corrected chi connectivity index (χ2v) is 6.54. The Morgan fingerprint density at radius 1 is 1.11 bits per heavy atom. The number of rotatable bonds is 7. The minimum Gasteiger partial charge on any atom is -0.496 e. The third-order valence-electron chi connectivity index (χ3n) is 4.54. The number of aromatic nitrogens is 1. The predicted molar refractivity (Wildman–Crippen MR) is 101 cm³/mol. The Labute approximate surface area is 160 Å². The summed E-state index contributed by atoms with van der Waals surface area (Å²) < 4.78 is 43.6. The van der Waals surface area contributed by atoms with E-state index >= 15 is 0 Å². The zero-order chi connectivity index (χ0) is 20.1. The Morgan fingerprint density at radius 3 is 2.54 bits per heavy atom. The van der Waals surface area contributed by atoms with Crippen LogP contribution in [0.4, 0.5) is 13.2 Å². The first-order valence-corrected chi connectivity index (χ1v) is 8.89. The van der Waals surface area contributed by atoms with Gasteiger partial charge in [-0.15, -0.1) is 0 Å². The van der Waals surface area contributed by atoms with E-state index in [1.54, 1.807) is 43.6 Å². The SMILES string of the molecule is COc1cccc2[nH]cc(CC(=O)N(CCC(F)(F)F)Cc3ccccc3)c12. The fourth-order valence-corrected chi connectivity index (χ4v) is 3.16. The van der Waals surface area contributed by atoms with E-state index in [0.717, 1.165) is 16.5 Å². The molecule has 1 heterocycles. The van der Waals surface area contributed by atoms with Gasteiger partial charge in [-0.25, -0.2) is 0 Å². The van der Waals surface area contributed by atoms with E-state index < -0.39 is 12.6 Å². The number of hydrogen-bond donors (Lipinski definition) is 1. The van der Waals surface area contributed by atoms with Crippen LogP contribution in [0.15, 0.2) is 54.7 Å². The van der Waals surface area contributed by atoms with Gasteiger partial charge >= 0.3 is 6.18 Å². The summed E-state index contributed by atoms with van der Waals surface area (Å²) >= 11 is 0. The molecular weight excluding hydrogens is 369 g/mol. The minimum atomic E-state index is -4.32. The van der Waals surface area contributed by atoms with Gasteiger partial charge in [-0.3, -0.25) is 4.79 Å². The summed E-state index contributed by atoms with van der Waals surface area (Å²) in [7, 11) is 1.54. The summed E-state index contributed by atoms with van der Waals surface area (Å²) in [5.41, 5.74) is 2.30. The van der Waals surface area contributed by atoms with Gasteiger partial charge in [-0.1, -0.05) is 36.4 Å². The van der Waals surface area contributed by atoms with Crippen molar-refractivity contribution in [3.63, 3.8) is 0 Å². The van der Waals surface area contributed by atoms with Crippen molar-refractivity contribution in [2.75, 3.05) is 13.7 Å². The van der Waals surface area contributed by atoms with Crippen molar-refractivity contribution in [2.24, 2.45) is 0 Å². The smallest absolute Gasteiger partial charge is 0.390 e. The molecule has 0 radical (unpaired) electrons. The average Bonchev–Trinajstić information content (AvgIpc) is 3.08. The second kappa shape index (κ2) is 8.37. The maximum absolute atomic E-state index is 12.9. The highest BCUT2D eigenvalue weighted by Gasteiger charge is 2.29.